The fourth-order valence-electron chi connectivity index (χ4n) is 7.34. The lowest BCUT2D eigenvalue weighted by Gasteiger charge is -2.19. The maximum atomic E-state index is 13.7. The molecule has 0 bridgehead atoms. The third-order valence-electron chi connectivity index (χ3n) is 10.8. The average molecular weight is 974 g/mol. The van der Waals surface area contributed by atoms with E-state index in [0.29, 0.717) is 54.1 Å². The Morgan fingerprint density at radius 3 is 1.50 bits per heavy atom. The van der Waals surface area contributed by atoms with Gasteiger partial charge < -0.3 is 49.4 Å². The van der Waals surface area contributed by atoms with Crippen molar-refractivity contribution >= 4 is 81.6 Å². The fourth-order valence-corrected chi connectivity index (χ4v) is 8.36. The number of unbranched alkanes of at least 4 members (excludes halogenated alkanes) is 1. The highest BCUT2D eigenvalue weighted by molar-refractivity contribution is 7.98. The zero-order valence-corrected chi connectivity index (χ0v) is 41.1. The Morgan fingerprint density at radius 1 is 0.600 bits per heavy atom. The minimum atomic E-state index is -0.860. The van der Waals surface area contributed by atoms with Crippen molar-refractivity contribution in [1.82, 2.24) is 23.6 Å². The second kappa shape index (κ2) is 23.4. The lowest BCUT2D eigenvalue weighted by Crippen LogP contribution is -2.36. The van der Waals surface area contributed by atoms with Crippen LogP contribution < -0.4 is 26.6 Å². The first kappa shape index (κ1) is 51.5. The number of carboxylic acid groups (broad SMARTS) is 1. The van der Waals surface area contributed by atoms with Gasteiger partial charge in [-0.1, -0.05) is 36.8 Å². The number of carboxylic acids is 1. The standard InChI is InChI=1S/C50H59N11O8S/c1-50(2,3)69-49(68)55-39-26-43(61(7)30-39)48(67)54-38-25-42(60(6)29-38)47(66)53-37-24-41(59(5)28-37)46(65)52-36-23-40(58(4)27-36)45(64)51-33(13-11-12-16-44(62)63)21-22-70-31-32-17-19-35(20-18-32)57-56-34-14-9-8-10-15-34/h8-10,14-15,17-20,23-30,33H,11-13,16,21-22,31H2,1-7H3,(H,51,64)(H,52,65)(H,53,66)(H,54,67)(H,55,68)(H,62,63). The molecule has 4 aromatic heterocycles. The molecule has 6 aromatic rings. The fraction of sp³-hybridized carbons (Fsp3) is 0.320. The average Bonchev–Trinajstić information content (AvgIpc) is 4.07. The third kappa shape index (κ3) is 15.1. The van der Waals surface area contributed by atoms with Crippen molar-refractivity contribution in [1.29, 1.82) is 0 Å². The quantitative estimate of drug-likeness (QED) is 0.0297. The number of amides is 5. The summed E-state index contributed by atoms with van der Waals surface area (Å²) in [5, 5.41) is 31.9. The number of azo groups is 1. The van der Waals surface area contributed by atoms with Crippen LogP contribution in [0, 0.1) is 0 Å². The van der Waals surface area contributed by atoms with Crippen molar-refractivity contribution < 1.29 is 38.6 Å². The van der Waals surface area contributed by atoms with Crippen molar-refractivity contribution in [2.45, 2.75) is 70.3 Å². The van der Waals surface area contributed by atoms with Gasteiger partial charge in [0.2, 0.25) is 0 Å². The molecular weight excluding hydrogens is 915 g/mol. The van der Waals surface area contributed by atoms with E-state index in [0.717, 1.165) is 28.4 Å². The van der Waals surface area contributed by atoms with Gasteiger partial charge in [-0.2, -0.15) is 22.0 Å². The summed E-state index contributed by atoms with van der Waals surface area (Å²) in [6.07, 6.45) is 8.19. The molecule has 0 aliphatic heterocycles. The summed E-state index contributed by atoms with van der Waals surface area (Å²) in [7, 11) is 6.68. The number of nitrogens with zero attached hydrogens (tertiary/aromatic N) is 6. The zero-order valence-electron chi connectivity index (χ0n) is 40.2. The number of carbonyl (C=O) groups excluding carboxylic acids is 5. The molecule has 4 heterocycles. The van der Waals surface area contributed by atoms with Crippen molar-refractivity contribution in [3.63, 3.8) is 0 Å². The molecule has 0 fully saturated rings. The summed E-state index contributed by atoms with van der Waals surface area (Å²) < 4.78 is 11.6. The Morgan fingerprint density at radius 2 is 1.04 bits per heavy atom. The minimum Gasteiger partial charge on any atom is -0.481 e. The Bertz CT molecular complexity index is 2850. The van der Waals surface area contributed by atoms with Crippen molar-refractivity contribution in [2.75, 3.05) is 27.0 Å². The molecule has 368 valence electrons. The number of nitrogens with one attached hydrogen (secondary N) is 5. The normalized spacial score (nSPS) is 11.8. The lowest BCUT2D eigenvalue weighted by atomic mass is 10.1. The van der Waals surface area contributed by atoms with Crippen LogP contribution >= 0.6 is 11.8 Å². The number of hydrogen-bond donors (Lipinski definition) is 6. The molecule has 0 aliphatic carbocycles. The van der Waals surface area contributed by atoms with Gasteiger partial charge in [-0.05, 0) is 99.9 Å². The SMILES string of the molecule is Cn1cc(NC(=O)OC(C)(C)C)cc1C(=O)Nc1cc(C(=O)Nc2cc(C(=O)Nc3cc(C(=O)NC(CCCCC(=O)O)CCSCc4ccc(N=Nc5ccccc5)cc4)n(C)c3)n(C)c2)n(C)c1. The predicted octanol–water partition coefficient (Wildman–Crippen LogP) is 9.63. The highest BCUT2D eigenvalue weighted by atomic mass is 32.2. The minimum absolute atomic E-state index is 0.0537. The van der Waals surface area contributed by atoms with E-state index in [1.165, 1.54) is 18.2 Å². The van der Waals surface area contributed by atoms with Gasteiger partial charge in [0.25, 0.3) is 23.6 Å². The van der Waals surface area contributed by atoms with Gasteiger partial charge in [0.15, 0.2) is 0 Å². The number of benzene rings is 2. The molecule has 0 saturated heterocycles. The van der Waals surface area contributed by atoms with Gasteiger partial charge >= 0.3 is 12.1 Å². The molecule has 70 heavy (non-hydrogen) atoms. The van der Waals surface area contributed by atoms with Gasteiger partial charge in [0.1, 0.15) is 28.4 Å². The molecule has 6 rings (SSSR count). The molecule has 0 aliphatic rings. The van der Waals surface area contributed by atoms with E-state index in [-0.39, 0.29) is 35.5 Å². The summed E-state index contributed by atoms with van der Waals surface area (Å²) in [4.78, 5) is 77.2. The van der Waals surface area contributed by atoms with Crippen LogP contribution in [0.3, 0.4) is 0 Å². The highest BCUT2D eigenvalue weighted by Gasteiger charge is 2.22. The topological polar surface area (TPSA) is 236 Å². The van der Waals surface area contributed by atoms with Crippen molar-refractivity contribution in [2.24, 2.45) is 38.4 Å². The second-order valence-corrected chi connectivity index (χ2v) is 18.8. The molecule has 19 nitrogen and oxygen atoms in total. The smallest absolute Gasteiger partial charge is 0.412 e. The summed E-state index contributed by atoms with van der Waals surface area (Å²) in [5.41, 5.74) is 4.46. The van der Waals surface area contributed by atoms with Crippen LogP contribution in [0.1, 0.15) is 100 Å². The Balaban J connectivity index is 1.01. The predicted molar refractivity (Wildman–Crippen MR) is 271 cm³/mol. The van der Waals surface area contributed by atoms with Gasteiger partial charge in [0, 0.05) is 71.2 Å². The number of rotatable bonds is 21. The second-order valence-electron chi connectivity index (χ2n) is 17.7. The number of ether oxygens (including phenoxy) is 1. The van der Waals surface area contributed by atoms with E-state index < -0.39 is 35.4 Å². The van der Waals surface area contributed by atoms with E-state index in [1.807, 2.05) is 54.6 Å². The number of hydrogen-bond acceptors (Lipinski definition) is 10. The van der Waals surface area contributed by atoms with Crippen molar-refractivity contribution in [3.05, 3.63) is 132 Å². The molecule has 20 heteroatoms. The van der Waals surface area contributed by atoms with Crippen LogP contribution in [0.2, 0.25) is 0 Å². The summed E-state index contributed by atoms with van der Waals surface area (Å²) in [6.45, 7) is 5.24. The molecule has 6 N–H and O–H groups in total. The van der Waals surface area contributed by atoms with Crippen LogP contribution in [-0.2, 0) is 43.5 Å². The molecule has 1 atom stereocenters. The van der Waals surface area contributed by atoms with Crippen molar-refractivity contribution in [3.8, 4) is 0 Å². The van der Waals surface area contributed by atoms with E-state index in [4.69, 9.17) is 9.84 Å². The summed E-state index contributed by atoms with van der Waals surface area (Å²) in [6, 6.07) is 23.3. The number of aryl methyl sites for hydroxylation is 4. The molecule has 0 spiro atoms. The number of aliphatic carboxylic acids is 1. The summed E-state index contributed by atoms with van der Waals surface area (Å²) in [5.74, 6) is -1.11. The maximum absolute atomic E-state index is 13.7. The van der Waals surface area contributed by atoms with Crippen LogP contribution in [0.25, 0.3) is 0 Å². The molecule has 5 amide bonds. The Labute approximate surface area is 410 Å². The van der Waals surface area contributed by atoms with Gasteiger partial charge in [-0.15, -0.1) is 0 Å². The van der Waals surface area contributed by atoms with Crippen LogP contribution in [-0.4, -0.2) is 76.5 Å². The monoisotopic (exact) mass is 973 g/mol. The number of carbonyl (C=O) groups is 6. The first-order chi connectivity index (χ1) is 33.3. The number of thioether (sulfide) groups is 1. The maximum Gasteiger partial charge on any atom is 0.412 e. The van der Waals surface area contributed by atoms with Gasteiger partial charge in [0.05, 0.1) is 34.1 Å². The number of aromatic nitrogens is 4. The molecule has 0 saturated carbocycles. The van der Waals surface area contributed by atoms with Crippen LogP contribution in [0.4, 0.5) is 38.9 Å². The van der Waals surface area contributed by atoms with Gasteiger partial charge in [-0.3, -0.25) is 29.3 Å². The first-order valence-electron chi connectivity index (χ1n) is 22.6. The van der Waals surface area contributed by atoms with Crippen LogP contribution in [0.15, 0.2) is 114 Å². The molecule has 2 aromatic carbocycles. The molecule has 1 unspecified atom stereocenters. The highest BCUT2D eigenvalue weighted by Crippen LogP contribution is 2.24. The third-order valence-corrected chi connectivity index (χ3v) is 11.8. The van der Waals surface area contributed by atoms with E-state index in [2.05, 4.69) is 36.8 Å². The molecular formula is C50H59N11O8S. The lowest BCUT2D eigenvalue weighted by molar-refractivity contribution is -0.137. The van der Waals surface area contributed by atoms with Gasteiger partial charge in [-0.25, -0.2) is 4.79 Å². The molecule has 0 radical (unpaired) electrons. The Kier molecular flexibility index (Phi) is 17.2. The first-order valence-corrected chi connectivity index (χ1v) is 23.7. The van der Waals surface area contributed by atoms with E-state index >= 15 is 0 Å². The Hall–Kier alpha value is -7.87. The van der Waals surface area contributed by atoms with E-state index in [1.54, 1.807) is 110 Å². The number of anilines is 4. The summed E-state index contributed by atoms with van der Waals surface area (Å²) >= 11 is 1.74. The zero-order chi connectivity index (χ0) is 50.5. The van der Waals surface area contributed by atoms with Crippen LogP contribution in [0.5, 0.6) is 0 Å². The largest absolute Gasteiger partial charge is 0.481 e. The van der Waals surface area contributed by atoms with E-state index in [9.17, 15) is 28.8 Å².